The van der Waals surface area contributed by atoms with Gasteiger partial charge in [-0.05, 0) is 36.2 Å². The summed E-state index contributed by atoms with van der Waals surface area (Å²) in [5.74, 6) is -1.26. The van der Waals surface area contributed by atoms with Crippen LogP contribution in [0.2, 0.25) is 0 Å². The van der Waals surface area contributed by atoms with Crippen LogP contribution in [0.5, 0.6) is 11.5 Å². The Morgan fingerprint density at radius 3 is 2.42 bits per heavy atom. The Morgan fingerprint density at radius 1 is 1.17 bits per heavy atom. The Hall–Kier alpha value is -3.41. The van der Waals surface area contributed by atoms with Crippen LogP contribution in [0, 0.1) is 0 Å². The molecule has 2 amide bonds. The van der Waals surface area contributed by atoms with Crippen LogP contribution in [-0.4, -0.2) is 55.7 Å². The first kappa shape index (κ1) is 27.2. The number of benzene rings is 2. The Kier molecular flexibility index (Phi) is 8.72. The third kappa shape index (κ3) is 7.30. The summed E-state index contributed by atoms with van der Waals surface area (Å²) in [6.07, 6.45) is 4.17. The first-order valence-corrected chi connectivity index (χ1v) is 13.4. The number of alkyl halides is 2. The van der Waals surface area contributed by atoms with Crippen LogP contribution in [0.25, 0.3) is 0 Å². The van der Waals surface area contributed by atoms with E-state index in [-0.39, 0.29) is 35.9 Å². The smallest absolute Gasteiger partial charge is 0.409 e. The van der Waals surface area contributed by atoms with Crippen molar-refractivity contribution in [1.29, 1.82) is 0 Å². The molecule has 0 bridgehead atoms. The van der Waals surface area contributed by atoms with E-state index in [1.165, 1.54) is 48.4 Å². The van der Waals surface area contributed by atoms with Crippen LogP contribution >= 0.6 is 0 Å². The quantitative estimate of drug-likeness (QED) is 0.486. The van der Waals surface area contributed by atoms with E-state index in [1.54, 1.807) is 19.1 Å². The Balaban J connectivity index is 0.00000112. The van der Waals surface area contributed by atoms with Crippen molar-refractivity contribution < 1.29 is 41.4 Å². The summed E-state index contributed by atoms with van der Waals surface area (Å²) < 4.78 is 59.7. The van der Waals surface area contributed by atoms with Crippen LogP contribution in [-0.2, 0) is 16.4 Å². The molecule has 2 aromatic carbocycles. The highest BCUT2D eigenvalue weighted by Crippen LogP contribution is 2.38. The van der Waals surface area contributed by atoms with Crippen molar-refractivity contribution in [2.75, 3.05) is 23.9 Å². The van der Waals surface area contributed by atoms with Gasteiger partial charge in [-0.15, -0.1) is 0 Å². The third-order valence-corrected chi connectivity index (χ3v) is 6.19. The number of carbonyl (C=O) groups is 2. The van der Waals surface area contributed by atoms with Gasteiger partial charge in [-0.3, -0.25) is 10.1 Å². The number of carbonyl (C=O) groups excluding carboxylic acids is 1. The second kappa shape index (κ2) is 11.5. The number of nitrogens with zero attached hydrogens (tertiary/aromatic N) is 1. The van der Waals surface area contributed by atoms with Crippen molar-refractivity contribution in [3.05, 3.63) is 53.1 Å². The molecule has 4 rings (SSSR count). The SMILES string of the molecule is C1CC1.CCOc1cc(C(CS(C)(=O)=O)N2Cc3cccc(NC(=O)O)c3C2=O)ccc1OC(F)F. The first-order chi connectivity index (χ1) is 17.0. The number of nitrogens with one attached hydrogen (secondary N) is 1. The number of ether oxygens (including phenoxy) is 2. The van der Waals surface area contributed by atoms with Gasteiger partial charge in [-0.1, -0.05) is 37.5 Å². The molecule has 0 spiro atoms. The summed E-state index contributed by atoms with van der Waals surface area (Å²) >= 11 is 0. The van der Waals surface area contributed by atoms with Crippen molar-refractivity contribution in [3.63, 3.8) is 0 Å². The standard InChI is InChI=1S/C21H22F2N2O7S.C3H6/c1-3-31-17-9-12(7-8-16(17)32-20(22)23)15(11-33(2,29)30)25-10-13-5-4-6-14(24-21(27)28)18(13)19(25)26;1-2-3-1/h4-9,15,20,24H,3,10-11H2,1-2H3,(H,27,28);1-3H2. The third-order valence-electron chi connectivity index (χ3n) is 5.27. The van der Waals surface area contributed by atoms with Crippen molar-refractivity contribution in [2.24, 2.45) is 0 Å². The van der Waals surface area contributed by atoms with E-state index in [0.29, 0.717) is 11.1 Å². The van der Waals surface area contributed by atoms with Crippen molar-refractivity contribution in [3.8, 4) is 11.5 Å². The summed E-state index contributed by atoms with van der Waals surface area (Å²) in [7, 11) is -3.60. The molecule has 1 atom stereocenters. The van der Waals surface area contributed by atoms with Crippen LogP contribution in [0.4, 0.5) is 19.3 Å². The zero-order valence-corrected chi connectivity index (χ0v) is 20.7. The summed E-state index contributed by atoms with van der Waals surface area (Å²) in [6.45, 7) is -1.28. The van der Waals surface area contributed by atoms with Crippen LogP contribution in [0.15, 0.2) is 36.4 Å². The van der Waals surface area contributed by atoms with E-state index in [4.69, 9.17) is 9.84 Å². The minimum atomic E-state index is -3.60. The van der Waals surface area contributed by atoms with E-state index < -0.39 is 40.2 Å². The van der Waals surface area contributed by atoms with Crippen molar-refractivity contribution in [1.82, 2.24) is 4.90 Å². The Bertz CT molecular complexity index is 1220. The monoisotopic (exact) mass is 526 g/mol. The number of fused-ring (bicyclic) bond motifs is 1. The fourth-order valence-electron chi connectivity index (χ4n) is 3.70. The summed E-state index contributed by atoms with van der Waals surface area (Å²) in [5, 5.41) is 11.2. The van der Waals surface area contributed by atoms with E-state index in [0.717, 1.165) is 6.26 Å². The lowest BCUT2D eigenvalue weighted by molar-refractivity contribution is -0.0514. The fraction of sp³-hybridized carbons (Fsp3) is 0.417. The molecule has 1 heterocycles. The molecule has 0 radical (unpaired) electrons. The number of rotatable bonds is 9. The minimum Gasteiger partial charge on any atom is -0.490 e. The zero-order valence-electron chi connectivity index (χ0n) is 19.9. The zero-order chi connectivity index (χ0) is 26.5. The normalized spacial score (nSPS) is 15.0. The largest absolute Gasteiger partial charge is 0.490 e. The Labute approximate surface area is 207 Å². The number of carboxylic acid groups (broad SMARTS) is 1. The fourth-order valence-corrected chi connectivity index (χ4v) is 4.65. The molecule has 1 unspecified atom stereocenters. The molecule has 0 saturated heterocycles. The van der Waals surface area contributed by atoms with E-state index in [1.807, 2.05) is 0 Å². The second-order valence-electron chi connectivity index (χ2n) is 8.39. The van der Waals surface area contributed by atoms with Gasteiger partial charge in [0.2, 0.25) is 0 Å². The molecule has 1 saturated carbocycles. The lowest BCUT2D eigenvalue weighted by atomic mass is 10.1. The maximum Gasteiger partial charge on any atom is 0.409 e. The summed E-state index contributed by atoms with van der Waals surface area (Å²) in [5.41, 5.74) is 1.06. The number of amides is 2. The minimum absolute atomic E-state index is 0.0220. The Morgan fingerprint density at radius 2 is 1.86 bits per heavy atom. The number of anilines is 1. The summed E-state index contributed by atoms with van der Waals surface area (Å²) in [4.78, 5) is 25.7. The molecule has 196 valence electrons. The van der Waals surface area contributed by atoms with Gasteiger partial charge in [0.05, 0.1) is 29.7 Å². The van der Waals surface area contributed by atoms with Gasteiger partial charge in [-0.25, -0.2) is 13.2 Å². The maximum atomic E-state index is 13.3. The average molecular weight is 527 g/mol. The predicted octanol–water partition coefficient (Wildman–Crippen LogP) is 4.69. The molecule has 1 aliphatic heterocycles. The topological polar surface area (TPSA) is 122 Å². The van der Waals surface area contributed by atoms with Gasteiger partial charge >= 0.3 is 12.7 Å². The highest BCUT2D eigenvalue weighted by molar-refractivity contribution is 7.90. The van der Waals surface area contributed by atoms with Gasteiger partial charge in [-0.2, -0.15) is 8.78 Å². The molecule has 2 aromatic rings. The molecular weight excluding hydrogens is 498 g/mol. The van der Waals surface area contributed by atoms with Crippen LogP contribution < -0.4 is 14.8 Å². The number of halogens is 2. The number of hydrogen-bond acceptors (Lipinski definition) is 6. The van der Waals surface area contributed by atoms with Crippen molar-refractivity contribution >= 4 is 27.5 Å². The van der Waals surface area contributed by atoms with Gasteiger partial charge in [0.15, 0.2) is 11.5 Å². The first-order valence-electron chi connectivity index (χ1n) is 11.3. The van der Waals surface area contributed by atoms with Crippen LogP contribution in [0.1, 0.15) is 53.7 Å². The number of hydrogen-bond donors (Lipinski definition) is 2. The molecule has 9 nitrogen and oxygen atoms in total. The number of sulfone groups is 1. The van der Waals surface area contributed by atoms with Gasteiger partial charge in [0.1, 0.15) is 9.84 Å². The highest BCUT2D eigenvalue weighted by atomic mass is 32.2. The summed E-state index contributed by atoms with van der Waals surface area (Å²) in [6, 6.07) is 7.65. The van der Waals surface area contributed by atoms with Crippen molar-refractivity contribution in [2.45, 2.75) is 45.4 Å². The molecule has 0 aromatic heterocycles. The van der Waals surface area contributed by atoms with Gasteiger partial charge < -0.3 is 19.5 Å². The molecule has 2 N–H and O–H groups in total. The van der Waals surface area contributed by atoms with Gasteiger partial charge in [0, 0.05) is 12.8 Å². The van der Waals surface area contributed by atoms with Gasteiger partial charge in [0.25, 0.3) is 5.91 Å². The molecule has 1 fully saturated rings. The lowest BCUT2D eigenvalue weighted by Gasteiger charge is -2.28. The maximum absolute atomic E-state index is 13.3. The van der Waals surface area contributed by atoms with E-state index in [2.05, 4.69) is 10.1 Å². The average Bonchev–Trinajstić information content (AvgIpc) is 3.62. The lowest BCUT2D eigenvalue weighted by Crippen LogP contribution is -2.34. The molecule has 12 heteroatoms. The van der Waals surface area contributed by atoms with E-state index in [9.17, 15) is 26.8 Å². The molecule has 36 heavy (non-hydrogen) atoms. The highest BCUT2D eigenvalue weighted by Gasteiger charge is 2.37. The molecular formula is C24H28F2N2O7S. The molecule has 1 aliphatic carbocycles. The van der Waals surface area contributed by atoms with Crippen LogP contribution in [0.3, 0.4) is 0 Å². The second-order valence-corrected chi connectivity index (χ2v) is 10.6. The predicted molar refractivity (Wildman–Crippen MR) is 129 cm³/mol. The van der Waals surface area contributed by atoms with E-state index >= 15 is 0 Å². The molecule has 2 aliphatic rings.